The summed E-state index contributed by atoms with van der Waals surface area (Å²) in [7, 11) is 0. The van der Waals surface area contributed by atoms with Crippen LogP contribution in [0.15, 0.2) is 41.5 Å². The molecule has 1 aliphatic carbocycles. The van der Waals surface area contributed by atoms with Gasteiger partial charge in [-0.25, -0.2) is 4.98 Å². The van der Waals surface area contributed by atoms with Gasteiger partial charge in [-0.2, -0.15) is 4.98 Å². The summed E-state index contributed by atoms with van der Waals surface area (Å²) in [6.45, 7) is 4.47. The maximum Gasteiger partial charge on any atom is 0.257 e. The van der Waals surface area contributed by atoms with Crippen molar-refractivity contribution in [1.29, 1.82) is 0 Å². The second kappa shape index (κ2) is 7.55. The fourth-order valence-electron chi connectivity index (χ4n) is 4.56. The molecule has 30 heavy (non-hydrogen) atoms. The number of benzene rings is 1. The van der Waals surface area contributed by atoms with Crippen LogP contribution in [0, 0.1) is 0 Å². The monoisotopic (exact) mass is 403 g/mol. The maximum absolute atomic E-state index is 13.1. The molecule has 0 bridgehead atoms. The van der Waals surface area contributed by atoms with Crippen molar-refractivity contribution in [2.75, 3.05) is 18.0 Å². The largest absolute Gasteiger partial charge is 0.348 e. The number of fused-ring (bicyclic) bond motifs is 2. The molecule has 1 aromatic carbocycles. The zero-order valence-electron chi connectivity index (χ0n) is 17.1. The van der Waals surface area contributed by atoms with Crippen molar-refractivity contribution in [2.24, 2.45) is 0 Å². The Labute approximate surface area is 174 Å². The third-order valence-electron chi connectivity index (χ3n) is 6.16. The van der Waals surface area contributed by atoms with Gasteiger partial charge in [-0.15, -0.1) is 0 Å². The van der Waals surface area contributed by atoms with E-state index in [-0.39, 0.29) is 22.9 Å². The second-order valence-electron chi connectivity index (χ2n) is 8.11. The summed E-state index contributed by atoms with van der Waals surface area (Å²) in [5.41, 5.74) is 2.95. The number of hydrogen-bond acceptors (Lipinski definition) is 5. The lowest BCUT2D eigenvalue weighted by molar-refractivity contribution is 0.0937. The predicted molar refractivity (Wildman–Crippen MR) is 116 cm³/mol. The molecule has 0 radical (unpaired) electrons. The third-order valence-corrected chi connectivity index (χ3v) is 6.16. The molecule has 1 aliphatic heterocycles. The van der Waals surface area contributed by atoms with Crippen LogP contribution in [-0.2, 0) is 19.4 Å². The van der Waals surface area contributed by atoms with Gasteiger partial charge < -0.3 is 14.8 Å². The van der Waals surface area contributed by atoms with Crippen molar-refractivity contribution in [3.05, 3.63) is 63.6 Å². The number of carbonyl (C=O) groups is 1. The lowest BCUT2D eigenvalue weighted by atomic mass is 10.1. The molecule has 0 unspecified atom stereocenters. The number of amides is 1. The number of carbonyl (C=O) groups excluding carboxylic acids is 1. The number of nitrogens with one attached hydrogen (secondary N) is 1. The molecule has 0 saturated carbocycles. The van der Waals surface area contributed by atoms with Gasteiger partial charge in [0.25, 0.3) is 5.91 Å². The van der Waals surface area contributed by atoms with E-state index in [1.54, 1.807) is 12.4 Å². The second-order valence-corrected chi connectivity index (χ2v) is 8.11. The molecule has 2 aliphatic rings. The van der Waals surface area contributed by atoms with Gasteiger partial charge in [-0.3, -0.25) is 9.59 Å². The van der Waals surface area contributed by atoms with Gasteiger partial charge in [0.1, 0.15) is 11.2 Å². The smallest absolute Gasteiger partial charge is 0.257 e. The Kier molecular flexibility index (Phi) is 4.73. The van der Waals surface area contributed by atoms with Gasteiger partial charge in [-0.1, -0.05) is 24.3 Å². The van der Waals surface area contributed by atoms with Crippen LogP contribution < -0.4 is 15.6 Å². The number of aromatic nitrogens is 3. The molecular formula is C23H25N5O2. The third kappa shape index (κ3) is 3.24. The molecule has 7 heteroatoms. The Balaban J connectivity index is 1.46. The van der Waals surface area contributed by atoms with E-state index in [9.17, 15) is 9.59 Å². The lowest BCUT2D eigenvalue weighted by Gasteiger charge is -2.17. The Morgan fingerprint density at radius 3 is 2.53 bits per heavy atom. The van der Waals surface area contributed by atoms with Crippen LogP contribution in [0.25, 0.3) is 11.0 Å². The summed E-state index contributed by atoms with van der Waals surface area (Å²) >= 11 is 0. The van der Waals surface area contributed by atoms with Crippen LogP contribution in [-0.4, -0.2) is 39.6 Å². The first-order valence-corrected chi connectivity index (χ1v) is 10.7. The number of pyridine rings is 1. The van der Waals surface area contributed by atoms with Crippen molar-refractivity contribution in [2.45, 2.75) is 45.2 Å². The van der Waals surface area contributed by atoms with E-state index in [0.29, 0.717) is 23.5 Å². The van der Waals surface area contributed by atoms with E-state index in [2.05, 4.69) is 32.3 Å². The molecular weight excluding hydrogens is 378 g/mol. The molecule has 1 fully saturated rings. The normalized spacial score (nSPS) is 16.2. The predicted octanol–water partition coefficient (Wildman–Crippen LogP) is 2.31. The highest BCUT2D eigenvalue weighted by Gasteiger charge is 2.25. The number of aryl methyl sites for hydroxylation is 1. The van der Waals surface area contributed by atoms with Gasteiger partial charge >= 0.3 is 0 Å². The van der Waals surface area contributed by atoms with Gasteiger partial charge in [0, 0.05) is 38.1 Å². The summed E-state index contributed by atoms with van der Waals surface area (Å²) in [5.74, 6) is 0.327. The number of anilines is 1. The van der Waals surface area contributed by atoms with Crippen LogP contribution in [0.5, 0.6) is 0 Å². The Hall–Kier alpha value is -3.22. The molecule has 0 spiro atoms. The lowest BCUT2D eigenvalue weighted by Crippen LogP contribution is -2.38. The van der Waals surface area contributed by atoms with Crippen molar-refractivity contribution in [1.82, 2.24) is 19.9 Å². The van der Waals surface area contributed by atoms with E-state index >= 15 is 0 Å². The fourth-order valence-corrected chi connectivity index (χ4v) is 4.56. The molecule has 3 heterocycles. The first kappa shape index (κ1) is 18.8. The van der Waals surface area contributed by atoms with Gasteiger partial charge in [0.05, 0.1) is 5.39 Å². The standard InChI is InChI=1S/C23H25N5O2/c1-2-27-14-19(22(30)25-17-11-15-7-3-4-8-16(15)12-17)20(29)18-13-24-23(26-21(18)27)28-9-5-6-10-28/h3-4,7-8,13-14,17H,2,5-6,9-12H2,1H3,(H,25,30). The summed E-state index contributed by atoms with van der Waals surface area (Å²) in [5, 5.41) is 3.44. The van der Waals surface area contributed by atoms with Crippen molar-refractivity contribution >= 4 is 22.9 Å². The van der Waals surface area contributed by atoms with Gasteiger partial charge in [0.15, 0.2) is 0 Å². The molecule has 2 aromatic heterocycles. The molecule has 3 aromatic rings. The zero-order valence-corrected chi connectivity index (χ0v) is 17.1. The summed E-state index contributed by atoms with van der Waals surface area (Å²) in [6, 6.07) is 8.23. The highest BCUT2D eigenvalue weighted by Crippen LogP contribution is 2.22. The highest BCUT2D eigenvalue weighted by atomic mass is 16.2. The van der Waals surface area contributed by atoms with E-state index in [4.69, 9.17) is 0 Å². The molecule has 1 amide bonds. The van der Waals surface area contributed by atoms with Crippen LogP contribution >= 0.6 is 0 Å². The van der Waals surface area contributed by atoms with Crippen LogP contribution in [0.2, 0.25) is 0 Å². The number of hydrogen-bond donors (Lipinski definition) is 1. The average molecular weight is 403 g/mol. The molecule has 154 valence electrons. The topological polar surface area (TPSA) is 80.1 Å². The van der Waals surface area contributed by atoms with Crippen molar-refractivity contribution in [3.63, 3.8) is 0 Å². The first-order valence-electron chi connectivity index (χ1n) is 10.7. The minimum Gasteiger partial charge on any atom is -0.348 e. The Bertz CT molecular complexity index is 1150. The molecule has 1 N–H and O–H groups in total. The Morgan fingerprint density at radius 1 is 1.17 bits per heavy atom. The van der Waals surface area contributed by atoms with E-state index < -0.39 is 0 Å². The first-order chi connectivity index (χ1) is 14.6. The summed E-state index contributed by atoms with van der Waals surface area (Å²) in [4.78, 5) is 37.3. The van der Waals surface area contributed by atoms with Gasteiger partial charge in [-0.05, 0) is 43.7 Å². The molecule has 7 nitrogen and oxygen atoms in total. The van der Waals surface area contributed by atoms with Crippen LogP contribution in [0.1, 0.15) is 41.3 Å². The maximum atomic E-state index is 13.1. The Morgan fingerprint density at radius 2 is 1.87 bits per heavy atom. The number of rotatable bonds is 4. The van der Waals surface area contributed by atoms with Gasteiger partial charge in [0.2, 0.25) is 11.4 Å². The minimum atomic E-state index is -0.328. The van der Waals surface area contributed by atoms with Crippen molar-refractivity contribution < 1.29 is 4.79 Å². The van der Waals surface area contributed by atoms with E-state index in [1.165, 1.54) is 11.1 Å². The SMILES string of the molecule is CCn1cc(C(=O)NC2Cc3ccccc3C2)c(=O)c2cnc(N3CCCC3)nc21. The van der Waals surface area contributed by atoms with Crippen molar-refractivity contribution in [3.8, 4) is 0 Å². The number of nitrogens with zero attached hydrogens (tertiary/aromatic N) is 4. The quantitative estimate of drug-likeness (QED) is 0.723. The molecule has 0 atom stereocenters. The summed E-state index contributed by atoms with van der Waals surface area (Å²) < 4.78 is 1.87. The zero-order chi connectivity index (χ0) is 20.7. The minimum absolute atomic E-state index is 0.00821. The van der Waals surface area contributed by atoms with Crippen LogP contribution in [0.4, 0.5) is 5.95 Å². The molecule has 1 saturated heterocycles. The highest BCUT2D eigenvalue weighted by molar-refractivity contribution is 5.97. The molecule has 5 rings (SSSR count). The van der Waals surface area contributed by atoms with E-state index in [1.807, 2.05) is 23.6 Å². The van der Waals surface area contributed by atoms with E-state index in [0.717, 1.165) is 38.8 Å². The fraction of sp³-hybridized carbons (Fsp3) is 0.391. The summed E-state index contributed by atoms with van der Waals surface area (Å²) in [6.07, 6.45) is 7.06. The van der Waals surface area contributed by atoms with Crippen LogP contribution in [0.3, 0.4) is 0 Å². The average Bonchev–Trinajstić information content (AvgIpc) is 3.43.